The molecule has 1 amide bonds. The summed E-state index contributed by atoms with van der Waals surface area (Å²) in [6.07, 6.45) is 4.75. The van der Waals surface area contributed by atoms with Crippen molar-refractivity contribution in [1.29, 1.82) is 0 Å². The molecule has 0 saturated carbocycles. The maximum Gasteiger partial charge on any atom is 0.274 e. The molecule has 0 aliphatic carbocycles. The average Bonchev–Trinajstić information content (AvgIpc) is 2.64. The van der Waals surface area contributed by atoms with E-state index in [0.29, 0.717) is 28.1 Å². The van der Waals surface area contributed by atoms with Crippen LogP contribution in [0.2, 0.25) is 10.0 Å². The summed E-state index contributed by atoms with van der Waals surface area (Å²) in [5, 5.41) is 6.69. The summed E-state index contributed by atoms with van der Waals surface area (Å²) in [6.45, 7) is 0.556. The minimum Gasteiger partial charge on any atom is -0.366 e. The van der Waals surface area contributed by atoms with E-state index in [0.717, 1.165) is 5.56 Å². The number of nitrogens with one attached hydrogen (secondary N) is 2. The molecule has 0 bridgehead atoms. The summed E-state index contributed by atoms with van der Waals surface area (Å²) < 4.78 is 0. The largest absolute Gasteiger partial charge is 0.366 e. The van der Waals surface area contributed by atoms with E-state index in [2.05, 4.69) is 25.6 Å². The van der Waals surface area contributed by atoms with E-state index >= 15 is 0 Å². The predicted molar refractivity (Wildman–Crippen MR) is 98.0 cm³/mol. The van der Waals surface area contributed by atoms with E-state index in [9.17, 15) is 4.79 Å². The van der Waals surface area contributed by atoms with E-state index in [1.807, 2.05) is 12.1 Å². The molecule has 0 unspecified atom stereocenters. The zero-order valence-electron chi connectivity index (χ0n) is 12.9. The third-order valence-corrected chi connectivity index (χ3v) is 3.86. The molecule has 126 valence electrons. The van der Waals surface area contributed by atoms with E-state index in [4.69, 9.17) is 23.2 Å². The van der Waals surface area contributed by atoms with Crippen LogP contribution in [0, 0.1) is 0 Å². The number of benzene rings is 1. The first-order valence-electron chi connectivity index (χ1n) is 7.33. The van der Waals surface area contributed by atoms with Gasteiger partial charge in [0, 0.05) is 30.0 Å². The molecule has 0 saturated heterocycles. The Morgan fingerprint density at radius 2 is 1.84 bits per heavy atom. The zero-order valence-corrected chi connectivity index (χ0v) is 14.4. The number of halogens is 2. The number of carbonyl (C=O) groups excluding carboxylic acids is 1. The molecule has 0 aliphatic rings. The first-order chi connectivity index (χ1) is 12.1. The molecule has 2 N–H and O–H groups in total. The van der Waals surface area contributed by atoms with Crippen LogP contribution in [0.3, 0.4) is 0 Å². The van der Waals surface area contributed by atoms with Crippen molar-refractivity contribution in [3.8, 4) is 0 Å². The fourth-order valence-electron chi connectivity index (χ4n) is 2.05. The number of aromatic nitrogens is 3. The Morgan fingerprint density at radius 3 is 2.64 bits per heavy atom. The monoisotopic (exact) mass is 373 g/mol. The Balaban J connectivity index is 1.70. The van der Waals surface area contributed by atoms with Crippen molar-refractivity contribution in [3.05, 3.63) is 76.4 Å². The molecule has 0 spiro atoms. The van der Waals surface area contributed by atoms with Gasteiger partial charge in [-0.15, -0.1) is 0 Å². The summed E-state index contributed by atoms with van der Waals surface area (Å²) in [7, 11) is 0. The summed E-state index contributed by atoms with van der Waals surface area (Å²) >= 11 is 12.0. The number of anilines is 2. The molecule has 0 atom stereocenters. The molecule has 1 aromatic carbocycles. The molecular weight excluding hydrogens is 361 g/mol. The Morgan fingerprint density at radius 1 is 1.04 bits per heavy atom. The lowest BCUT2D eigenvalue weighted by molar-refractivity contribution is 0.102. The summed E-state index contributed by atoms with van der Waals surface area (Å²) in [4.78, 5) is 24.4. The van der Waals surface area contributed by atoms with Crippen molar-refractivity contribution in [1.82, 2.24) is 15.0 Å². The first-order valence-corrected chi connectivity index (χ1v) is 8.08. The van der Waals surface area contributed by atoms with E-state index in [1.165, 1.54) is 6.33 Å². The number of rotatable bonds is 5. The minimum atomic E-state index is -0.404. The molecule has 3 rings (SSSR count). The van der Waals surface area contributed by atoms with Gasteiger partial charge in [0.05, 0.1) is 10.7 Å². The van der Waals surface area contributed by atoms with E-state index < -0.39 is 5.91 Å². The van der Waals surface area contributed by atoms with Gasteiger partial charge in [0.25, 0.3) is 5.91 Å². The number of nitrogens with zero attached hydrogens (tertiary/aromatic N) is 3. The van der Waals surface area contributed by atoms with Crippen molar-refractivity contribution in [2.75, 3.05) is 10.6 Å². The Bertz CT molecular complexity index is 889. The van der Waals surface area contributed by atoms with Crippen LogP contribution in [0.25, 0.3) is 0 Å². The molecule has 2 heterocycles. The number of amides is 1. The van der Waals surface area contributed by atoms with Crippen molar-refractivity contribution in [2.45, 2.75) is 6.54 Å². The van der Waals surface area contributed by atoms with Gasteiger partial charge < -0.3 is 10.6 Å². The molecule has 6 nitrogen and oxygen atoms in total. The molecule has 0 fully saturated rings. The van der Waals surface area contributed by atoms with Crippen LogP contribution in [-0.2, 0) is 6.54 Å². The van der Waals surface area contributed by atoms with Crippen LogP contribution in [0.4, 0.5) is 11.5 Å². The number of pyridine rings is 1. The second kappa shape index (κ2) is 7.92. The number of hydrogen-bond donors (Lipinski definition) is 2. The lowest BCUT2D eigenvalue weighted by Crippen LogP contribution is -2.15. The molecule has 0 aliphatic heterocycles. The van der Waals surface area contributed by atoms with Gasteiger partial charge in [-0.05, 0) is 35.9 Å². The number of carbonyl (C=O) groups is 1. The third kappa shape index (κ3) is 4.65. The molecule has 25 heavy (non-hydrogen) atoms. The maximum atomic E-state index is 12.4. The SMILES string of the molecule is O=C(Nc1cc(Cl)ccc1Cl)c1cc(NCc2ccncc2)ncn1. The second-order valence-corrected chi connectivity index (χ2v) is 5.92. The highest BCUT2D eigenvalue weighted by atomic mass is 35.5. The van der Waals surface area contributed by atoms with Gasteiger partial charge in [-0.25, -0.2) is 9.97 Å². The van der Waals surface area contributed by atoms with Gasteiger partial charge in [-0.1, -0.05) is 23.2 Å². The van der Waals surface area contributed by atoms with Gasteiger partial charge in [-0.3, -0.25) is 9.78 Å². The summed E-state index contributed by atoms with van der Waals surface area (Å²) in [5.41, 5.74) is 1.68. The first kappa shape index (κ1) is 17.1. The Hall–Kier alpha value is -2.70. The predicted octanol–water partition coefficient (Wildman–Crippen LogP) is 4.04. The van der Waals surface area contributed by atoms with Crippen LogP contribution >= 0.6 is 23.2 Å². The zero-order chi connectivity index (χ0) is 17.6. The van der Waals surface area contributed by atoms with Crippen LogP contribution < -0.4 is 10.6 Å². The normalized spacial score (nSPS) is 10.3. The van der Waals surface area contributed by atoms with Crippen molar-refractivity contribution >= 4 is 40.6 Å². The molecule has 2 aromatic heterocycles. The molecule has 0 radical (unpaired) electrons. The quantitative estimate of drug-likeness (QED) is 0.705. The van der Waals surface area contributed by atoms with Crippen LogP contribution in [-0.4, -0.2) is 20.9 Å². The van der Waals surface area contributed by atoms with Crippen LogP contribution in [0.5, 0.6) is 0 Å². The van der Waals surface area contributed by atoms with Gasteiger partial charge in [0.1, 0.15) is 17.8 Å². The minimum absolute atomic E-state index is 0.211. The fourth-order valence-corrected chi connectivity index (χ4v) is 2.39. The van der Waals surface area contributed by atoms with E-state index in [1.54, 1.807) is 36.7 Å². The van der Waals surface area contributed by atoms with Gasteiger partial charge in [-0.2, -0.15) is 0 Å². The van der Waals surface area contributed by atoms with Crippen molar-refractivity contribution < 1.29 is 4.79 Å². The highest BCUT2D eigenvalue weighted by Crippen LogP contribution is 2.25. The maximum absolute atomic E-state index is 12.4. The number of hydrogen-bond acceptors (Lipinski definition) is 5. The topological polar surface area (TPSA) is 79.8 Å². The van der Waals surface area contributed by atoms with Gasteiger partial charge in [0.2, 0.25) is 0 Å². The smallest absolute Gasteiger partial charge is 0.274 e. The van der Waals surface area contributed by atoms with Crippen molar-refractivity contribution in [2.24, 2.45) is 0 Å². The molecule has 3 aromatic rings. The third-order valence-electron chi connectivity index (χ3n) is 3.30. The van der Waals surface area contributed by atoms with Crippen LogP contribution in [0.15, 0.2) is 55.1 Å². The van der Waals surface area contributed by atoms with E-state index in [-0.39, 0.29) is 5.69 Å². The summed E-state index contributed by atoms with van der Waals surface area (Å²) in [5.74, 6) is 0.132. The lowest BCUT2D eigenvalue weighted by Gasteiger charge is -2.09. The lowest BCUT2D eigenvalue weighted by atomic mass is 10.2. The van der Waals surface area contributed by atoms with Crippen LogP contribution in [0.1, 0.15) is 16.1 Å². The van der Waals surface area contributed by atoms with Gasteiger partial charge in [0.15, 0.2) is 0 Å². The summed E-state index contributed by atoms with van der Waals surface area (Å²) in [6, 6.07) is 10.2. The Labute approximate surface area is 154 Å². The molecule has 8 heteroatoms. The highest BCUT2D eigenvalue weighted by molar-refractivity contribution is 6.35. The van der Waals surface area contributed by atoms with Gasteiger partial charge >= 0.3 is 0 Å². The van der Waals surface area contributed by atoms with Crippen molar-refractivity contribution in [3.63, 3.8) is 0 Å². The Kier molecular flexibility index (Phi) is 5.42. The average molecular weight is 374 g/mol. The molecular formula is C17H13Cl2N5O. The fraction of sp³-hybridized carbons (Fsp3) is 0.0588. The standard InChI is InChI=1S/C17H13Cl2N5O/c18-12-1-2-13(19)14(7-12)24-17(25)15-8-16(23-10-22-15)21-9-11-3-5-20-6-4-11/h1-8,10H,9H2,(H,24,25)(H,21,22,23). The highest BCUT2D eigenvalue weighted by Gasteiger charge is 2.11. The second-order valence-electron chi connectivity index (χ2n) is 5.08.